The summed E-state index contributed by atoms with van der Waals surface area (Å²) < 4.78 is 5.21. The van der Waals surface area contributed by atoms with Gasteiger partial charge in [0, 0.05) is 13.1 Å². The summed E-state index contributed by atoms with van der Waals surface area (Å²) in [5, 5.41) is 10.0. The number of hydrogen-bond acceptors (Lipinski definition) is 7. The normalized spacial score (nSPS) is 14.0. The number of likely N-dealkylation sites (tertiary alicyclic amines) is 1. The van der Waals surface area contributed by atoms with Crippen molar-refractivity contribution >= 4 is 29.2 Å². The van der Waals surface area contributed by atoms with E-state index in [2.05, 4.69) is 9.97 Å². The Hall–Kier alpha value is -2.16. The molecule has 9 nitrogen and oxygen atoms in total. The first kappa shape index (κ1) is 18.9. The first-order chi connectivity index (χ1) is 10.6. The fourth-order valence-electron chi connectivity index (χ4n) is 1.73. The standard InChI is InChI=1S/C9H17NO2.C4H3ClN4O2/c1-9(2,3)12-8(11)10-6-4-5-7-10;5-4-7-1-2(9(10)11)3(6)8-4/h4-7H2,1-3H3;1H,(H2,6,7,8). The maximum atomic E-state index is 11.4. The second-order valence-corrected chi connectivity index (χ2v) is 6.18. The van der Waals surface area contributed by atoms with Gasteiger partial charge in [0.2, 0.25) is 11.1 Å². The molecule has 0 atom stereocenters. The summed E-state index contributed by atoms with van der Waals surface area (Å²) in [6, 6.07) is 0. The van der Waals surface area contributed by atoms with Crippen LogP contribution in [-0.2, 0) is 4.74 Å². The fourth-order valence-corrected chi connectivity index (χ4v) is 1.87. The molecule has 1 aliphatic heterocycles. The van der Waals surface area contributed by atoms with Crippen molar-refractivity contribution in [2.45, 2.75) is 39.2 Å². The molecule has 0 spiro atoms. The Balaban J connectivity index is 0.000000231. The lowest BCUT2D eigenvalue weighted by Crippen LogP contribution is -2.34. The van der Waals surface area contributed by atoms with Gasteiger partial charge in [-0.1, -0.05) is 0 Å². The molecule has 23 heavy (non-hydrogen) atoms. The van der Waals surface area contributed by atoms with Crippen LogP contribution in [0.4, 0.5) is 16.3 Å². The van der Waals surface area contributed by atoms with E-state index in [1.807, 2.05) is 20.8 Å². The number of nitrogens with two attached hydrogens (primary N) is 1. The van der Waals surface area contributed by atoms with Gasteiger partial charge in [-0.25, -0.2) is 9.78 Å². The Morgan fingerprint density at radius 2 is 2.00 bits per heavy atom. The van der Waals surface area contributed by atoms with Gasteiger partial charge < -0.3 is 15.4 Å². The molecule has 2 rings (SSSR count). The monoisotopic (exact) mass is 345 g/mol. The topological polar surface area (TPSA) is 124 Å². The van der Waals surface area contributed by atoms with Gasteiger partial charge in [-0.2, -0.15) is 4.98 Å². The predicted octanol–water partition coefficient (Wildman–Crippen LogP) is 2.64. The Labute approximate surface area is 138 Å². The number of rotatable bonds is 1. The Morgan fingerprint density at radius 3 is 2.43 bits per heavy atom. The molecule has 1 aromatic rings. The van der Waals surface area contributed by atoms with E-state index in [9.17, 15) is 14.9 Å². The maximum Gasteiger partial charge on any atom is 0.410 e. The van der Waals surface area contributed by atoms with E-state index in [-0.39, 0.29) is 28.5 Å². The first-order valence-electron chi connectivity index (χ1n) is 7.00. The Morgan fingerprint density at radius 1 is 1.43 bits per heavy atom. The van der Waals surface area contributed by atoms with Crippen LogP contribution in [-0.4, -0.2) is 44.6 Å². The third-order valence-electron chi connectivity index (χ3n) is 2.72. The largest absolute Gasteiger partial charge is 0.444 e. The molecule has 1 aromatic heterocycles. The number of anilines is 1. The summed E-state index contributed by atoms with van der Waals surface area (Å²) >= 11 is 5.30. The first-order valence-corrected chi connectivity index (χ1v) is 7.38. The van der Waals surface area contributed by atoms with Crippen LogP contribution in [0.2, 0.25) is 5.28 Å². The number of ether oxygens (including phenoxy) is 1. The van der Waals surface area contributed by atoms with Crippen molar-refractivity contribution in [2.75, 3.05) is 18.8 Å². The third kappa shape index (κ3) is 6.64. The molecule has 1 amide bonds. The van der Waals surface area contributed by atoms with Gasteiger partial charge in [0.25, 0.3) is 0 Å². The minimum Gasteiger partial charge on any atom is -0.444 e. The number of nitro groups is 1. The maximum absolute atomic E-state index is 11.4. The summed E-state index contributed by atoms with van der Waals surface area (Å²) in [5.74, 6) is -0.227. The third-order valence-corrected chi connectivity index (χ3v) is 2.91. The highest BCUT2D eigenvalue weighted by Crippen LogP contribution is 2.17. The van der Waals surface area contributed by atoms with Gasteiger partial charge >= 0.3 is 11.8 Å². The van der Waals surface area contributed by atoms with Gasteiger partial charge in [-0.3, -0.25) is 10.1 Å². The summed E-state index contributed by atoms with van der Waals surface area (Å²) in [5.41, 5.74) is 4.45. The number of amides is 1. The summed E-state index contributed by atoms with van der Waals surface area (Å²) in [7, 11) is 0. The summed E-state index contributed by atoms with van der Waals surface area (Å²) in [6.45, 7) is 7.38. The second-order valence-electron chi connectivity index (χ2n) is 5.84. The number of nitrogen functional groups attached to an aromatic ring is 1. The van der Waals surface area contributed by atoms with Crippen molar-refractivity contribution in [3.63, 3.8) is 0 Å². The molecular weight excluding hydrogens is 326 g/mol. The van der Waals surface area contributed by atoms with E-state index in [1.165, 1.54) is 0 Å². The molecule has 1 saturated heterocycles. The molecule has 2 heterocycles. The van der Waals surface area contributed by atoms with Crippen molar-refractivity contribution in [1.82, 2.24) is 14.9 Å². The van der Waals surface area contributed by atoms with E-state index in [0.717, 1.165) is 32.1 Å². The zero-order chi connectivity index (χ0) is 17.6. The Bertz CT molecular complexity index is 570. The minimum absolute atomic E-state index is 0.104. The molecule has 0 aromatic carbocycles. The molecule has 10 heteroatoms. The molecule has 1 aliphatic rings. The van der Waals surface area contributed by atoms with E-state index in [1.54, 1.807) is 4.90 Å². The zero-order valence-corrected chi connectivity index (χ0v) is 14.0. The van der Waals surface area contributed by atoms with Crippen LogP contribution in [0.15, 0.2) is 6.20 Å². The highest BCUT2D eigenvalue weighted by molar-refractivity contribution is 6.28. The van der Waals surface area contributed by atoms with E-state index < -0.39 is 4.92 Å². The number of carbonyl (C=O) groups excluding carboxylic acids is 1. The fraction of sp³-hybridized carbons (Fsp3) is 0.615. The molecule has 1 fully saturated rings. The van der Waals surface area contributed by atoms with Gasteiger partial charge in [0.15, 0.2) is 0 Å². The highest BCUT2D eigenvalue weighted by atomic mass is 35.5. The van der Waals surface area contributed by atoms with Crippen LogP contribution >= 0.6 is 11.6 Å². The molecule has 0 unspecified atom stereocenters. The van der Waals surface area contributed by atoms with E-state index in [4.69, 9.17) is 22.1 Å². The second kappa shape index (κ2) is 7.91. The van der Waals surface area contributed by atoms with Crippen LogP contribution in [0.1, 0.15) is 33.6 Å². The van der Waals surface area contributed by atoms with Crippen molar-refractivity contribution < 1.29 is 14.5 Å². The lowest BCUT2D eigenvalue weighted by Gasteiger charge is -2.23. The van der Waals surface area contributed by atoms with Gasteiger partial charge in [-0.15, -0.1) is 0 Å². The number of halogens is 1. The lowest BCUT2D eigenvalue weighted by atomic mass is 10.2. The molecule has 128 valence electrons. The average Bonchev–Trinajstić information content (AvgIpc) is 2.90. The molecule has 0 bridgehead atoms. The van der Waals surface area contributed by atoms with Gasteiger partial charge in [0.1, 0.15) is 11.8 Å². The average molecular weight is 346 g/mol. The molecule has 0 saturated carbocycles. The van der Waals surface area contributed by atoms with Gasteiger partial charge in [-0.05, 0) is 45.2 Å². The predicted molar refractivity (Wildman–Crippen MR) is 85.1 cm³/mol. The van der Waals surface area contributed by atoms with Crippen molar-refractivity contribution in [3.05, 3.63) is 21.6 Å². The summed E-state index contributed by atoms with van der Waals surface area (Å²) in [4.78, 5) is 29.4. The van der Waals surface area contributed by atoms with Gasteiger partial charge in [0.05, 0.1) is 4.92 Å². The molecular formula is C13H20ClN5O4. The number of aromatic nitrogens is 2. The van der Waals surface area contributed by atoms with Crippen LogP contribution < -0.4 is 5.73 Å². The molecule has 0 aliphatic carbocycles. The molecule has 0 radical (unpaired) electrons. The number of carbonyl (C=O) groups is 1. The van der Waals surface area contributed by atoms with Crippen LogP contribution in [0.25, 0.3) is 0 Å². The zero-order valence-electron chi connectivity index (χ0n) is 13.3. The molecule has 2 N–H and O–H groups in total. The Kier molecular flexibility index (Phi) is 6.49. The quantitative estimate of drug-likeness (QED) is 0.471. The van der Waals surface area contributed by atoms with Crippen LogP contribution in [0.3, 0.4) is 0 Å². The number of nitrogens with zero attached hydrogens (tertiary/aromatic N) is 4. The minimum atomic E-state index is -0.675. The lowest BCUT2D eigenvalue weighted by molar-refractivity contribution is -0.384. The smallest absolute Gasteiger partial charge is 0.410 e. The number of hydrogen-bond donors (Lipinski definition) is 1. The van der Waals surface area contributed by atoms with Crippen molar-refractivity contribution in [2.24, 2.45) is 0 Å². The summed E-state index contributed by atoms with van der Waals surface area (Å²) in [6.07, 6.45) is 3.02. The van der Waals surface area contributed by atoms with Crippen LogP contribution in [0.5, 0.6) is 0 Å². The van der Waals surface area contributed by atoms with Crippen molar-refractivity contribution in [1.29, 1.82) is 0 Å². The van der Waals surface area contributed by atoms with E-state index >= 15 is 0 Å². The van der Waals surface area contributed by atoms with Crippen molar-refractivity contribution in [3.8, 4) is 0 Å². The van der Waals surface area contributed by atoms with E-state index in [0.29, 0.717) is 0 Å². The highest BCUT2D eigenvalue weighted by Gasteiger charge is 2.23. The van der Waals surface area contributed by atoms with Crippen LogP contribution in [0, 0.1) is 10.1 Å². The SMILES string of the molecule is CC(C)(C)OC(=O)N1CCCC1.Nc1nc(Cl)ncc1[N+](=O)[O-].